The van der Waals surface area contributed by atoms with Crippen molar-refractivity contribution in [1.29, 1.82) is 0 Å². The van der Waals surface area contributed by atoms with E-state index in [4.69, 9.17) is 0 Å². The lowest BCUT2D eigenvalue weighted by Gasteiger charge is -2.06. The van der Waals surface area contributed by atoms with Crippen LogP contribution in [0, 0.1) is 11.7 Å². The molecule has 0 bridgehead atoms. The number of nitrogens with one attached hydrogen (secondary N) is 1. The van der Waals surface area contributed by atoms with E-state index >= 15 is 0 Å². The first-order valence-electron chi connectivity index (χ1n) is 7.07. The predicted molar refractivity (Wildman–Crippen MR) is 80.7 cm³/mol. The molecule has 1 aromatic heterocycles. The van der Waals surface area contributed by atoms with Crippen LogP contribution in [0.2, 0.25) is 0 Å². The number of hydrogen-bond donors (Lipinski definition) is 1. The highest BCUT2D eigenvalue weighted by Gasteiger charge is 2.12. The van der Waals surface area contributed by atoms with Crippen molar-refractivity contribution in [1.82, 2.24) is 19.7 Å². The fourth-order valence-electron chi connectivity index (χ4n) is 1.97. The Hall–Kier alpha value is -2.44. The van der Waals surface area contributed by atoms with Gasteiger partial charge in [-0.15, -0.1) is 5.10 Å². The molecule has 22 heavy (non-hydrogen) atoms. The molecule has 2 rings (SSSR count). The van der Waals surface area contributed by atoms with Crippen molar-refractivity contribution in [3.63, 3.8) is 0 Å². The Labute approximate surface area is 127 Å². The summed E-state index contributed by atoms with van der Waals surface area (Å²) in [5.41, 5.74) is 0.379. The largest absolute Gasteiger partial charge is 0.354 e. The summed E-state index contributed by atoms with van der Waals surface area (Å²) in [4.78, 5) is 23.6. The molecule has 1 aromatic carbocycles. The fourth-order valence-corrected chi connectivity index (χ4v) is 1.97. The number of hydrogen-bond acceptors (Lipinski definition) is 3. The van der Waals surface area contributed by atoms with E-state index in [-0.39, 0.29) is 29.9 Å². The molecule has 0 saturated heterocycles. The molecular formula is C15H19FN4O2. The summed E-state index contributed by atoms with van der Waals surface area (Å²) >= 11 is 0. The van der Waals surface area contributed by atoms with Gasteiger partial charge >= 0.3 is 5.69 Å². The normalized spacial score (nSPS) is 11.0. The molecule has 0 saturated carbocycles. The van der Waals surface area contributed by atoms with Gasteiger partial charge in [0.2, 0.25) is 5.91 Å². The lowest BCUT2D eigenvalue weighted by molar-refractivity contribution is -0.124. The molecule has 1 N–H and O–H groups in total. The first kappa shape index (κ1) is 15.9. The molecule has 0 atom stereocenters. The standard InChI is InChI=1S/C15H19FN4O2/c1-10(2)14(21)17-8-9-20-15(22)19(3)13(18-20)11-4-6-12(16)7-5-11/h4-7,10H,8-9H2,1-3H3,(H,17,21). The summed E-state index contributed by atoms with van der Waals surface area (Å²) in [6.07, 6.45) is 0. The average Bonchev–Trinajstić information content (AvgIpc) is 2.76. The minimum Gasteiger partial charge on any atom is -0.354 e. The summed E-state index contributed by atoms with van der Waals surface area (Å²) < 4.78 is 15.7. The topological polar surface area (TPSA) is 68.9 Å². The van der Waals surface area contributed by atoms with Crippen LogP contribution in [-0.4, -0.2) is 26.8 Å². The SMILES string of the molecule is CC(C)C(=O)NCCn1nc(-c2ccc(F)cc2)n(C)c1=O. The van der Waals surface area contributed by atoms with E-state index in [1.54, 1.807) is 33.0 Å². The number of carbonyl (C=O) groups is 1. The molecule has 118 valence electrons. The maximum Gasteiger partial charge on any atom is 0.345 e. The molecule has 0 fully saturated rings. The van der Waals surface area contributed by atoms with E-state index in [0.29, 0.717) is 17.9 Å². The maximum atomic E-state index is 13.0. The Morgan fingerprint density at radius 3 is 2.55 bits per heavy atom. The van der Waals surface area contributed by atoms with Gasteiger partial charge < -0.3 is 5.32 Å². The zero-order chi connectivity index (χ0) is 16.3. The minimum atomic E-state index is -0.343. The molecule has 0 aliphatic carbocycles. The van der Waals surface area contributed by atoms with Gasteiger partial charge in [0.05, 0.1) is 6.54 Å². The molecular weight excluding hydrogens is 287 g/mol. The fraction of sp³-hybridized carbons (Fsp3) is 0.400. The Morgan fingerprint density at radius 2 is 1.95 bits per heavy atom. The molecule has 1 heterocycles. The average molecular weight is 306 g/mol. The molecule has 7 heteroatoms. The highest BCUT2D eigenvalue weighted by molar-refractivity contribution is 5.77. The zero-order valence-corrected chi connectivity index (χ0v) is 12.8. The van der Waals surface area contributed by atoms with Crippen molar-refractivity contribution in [2.45, 2.75) is 20.4 Å². The molecule has 0 aliphatic rings. The van der Waals surface area contributed by atoms with Gasteiger partial charge in [-0.3, -0.25) is 9.36 Å². The minimum absolute atomic E-state index is 0.0669. The van der Waals surface area contributed by atoms with Crippen molar-refractivity contribution in [2.75, 3.05) is 6.54 Å². The Bertz CT molecular complexity index is 716. The second kappa shape index (κ2) is 6.55. The molecule has 1 amide bonds. The second-order valence-electron chi connectivity index (χ2n) is 5.34. The van der Waals surface area contributed by atoms with Gasteiger partial charge in [0, 0.05) is 25.1 Å². The summed E-state index contributed by atoms with van der Waals surface area (Å²) in [6.45, 7) is 4.22. The summed E-state index contributed by atoms with van der Waals surface area (Å²) in [6, 6.07) is 5.79. The molecule has 0 radical (unpaired) electrons. The number of aromatic nitrogens is 3. The van der Waals surface area contributed by atoms with Crippen molar-refractivity contribution in [3.05, 3.63) is 40.6 Å². The molecule has 0 aliphatic heterocycles. The van der Waals surface area contributed by atoms with E-state index in [1.165, 1.54) is 21.4 Å². The first-order chi connectivity index (χ1) is 10.4. The van der Waals surface area contributed by atoms with Crippen LogP contribution in [0.3, 0.4) is 0 Å². The summed E-state index contributed by atoms with van der Waals surface area (Å²) in [7, 11) is 1.61. The molecule has 0 spiro atoms. The van der Waals surface area contributed by atoms with Gasteiger partial charge in [-0.1, -0.05) is 13.8 Å². The maximum absolute atomic E-state index is 13.0. The third-order valence-electron chi connectivity index (χ3n) is 3.29. The van der Waals surface area contributed by atoms with Crippen LogP contribution in [0.4, 0.5) is 4.39 Å². The first-order valence-corrected chi connectivity index (χ1v) is 7.07. The van der Waals surface area contributed by atoms with Gasteiger partial charge in [-0.25, -0.2) is 13.9 Å². The van der Waals surface area contributed by atoms with Gasteiger partial charge in [-0.2, -0.15) is 0 Å². The lowest BCUT2D eigenvalue weighted by atomic mass is 10.2. The number of amides is 1. The zero-order valence-electron chi connectivity index (χ0n) is 12.8. The summed E-state index contributed by atoms with van der Waals surface area (Å²) in [5, 5.41) is 6.98. The van der Waals surface area contributed by atoms with Gasteiger partial charge in [0.1, 0.15) is 5.82 Å². The summed E-state index contributed by atoms with van der Waals surface area (Å²) in [5.74, 6) is -0.0530. The number of carbonyl (C=O) groups excluding carboxylic acids is 1. The third kappa shape index (κ3) is 3.41. The Kier molecular flexibility index (Phi) is 4.75. The van der Waals surface area contributed by atoms with Crippen molar-refractivity contribution >= 4 is 5.91 Å². The molecule has 0 unspecified atom stereocenters. The number of benzene rings is 1. The van der Waals surface area contributed by atoms with Crippen LogP contribution in [0.15, 0.2) is 29.1 Å². The van der Waals surface area contributed by atoms with Crippen LogP contribution < -0.4 is 11.0 Å². The Balaban J connectivity index is 2.14. The van der Waals surface area contributed by atoms with Crippen molar-refractivity contribution < 1.29 is 9.18 Å². The number of halogens is 1. The monoisotopic (exact) mass is 306 g/mol. The van der Waals surface area contributed by atoms with Crippen LogP contribution in [0.25, 0.3) is 11.4 Å². The highest BCUT2D eigenvalue weighted by Crippen LogP contribution is 2.15. The molecule has 2 aromatic rings. The number of rotatable bonds is 5. The van der Waals surface area contributed by atoms with Crippen LogP contribution >= 0.6 is 0 Å². The molecule has 6 nitrogen and oxygen atoms in total. The predicted octanol–water partition coefficient (Wildman–Crippen LogP) is 1.16. The van der Waals surface area contributed by atoms with Crippen LogP contribution in [0.1, 0.15) is 13.8 Å². The highest BCUT2D eigenvalue weighted by atomic mass is 19.1. The van der Waals surface area contributed by atoms with E-state index in [9.17, 15) is 14.0 Å². The lowest BCUT2D eigenvalue weighted by Crippen LogP contribution is -2.33. The smallest absolute Gasteiger partial charge is 0.345 e. The van der Waals surface area contributed by atoms with Crippen LogP contribution in [-0.2, 0) is 18.4 Å². The van der Waals surface area contributed by atoms with Crippen molar-refractivity contribution in [2.24, 2.45) is 13.0 Å². The van der Waals surface area contributed by atoms with E-state index in [0.717, 1.165) is 0 Å². The third-order valence-corrected chi connectivity index (χ3v) is 3.29. The number of nitrogens with zero attached hydrogens (tertiary/aromatic N) is 3. The van der Waals surface area contributed by atoms with Gasteiger partial charge in [-0.05, 0) is 24.3 Å². The van der Waals surface area contributed by atoms with Crippen molar-refractivity contribution in [3.8, 4) is 11.4 Å². The van der Waals surface area contributed by atoms with E-state index in [1.807, 2.05) is 0 Å². The van der Waals surface area contributed by atoms with E-state index in [2.05, 4.69) is 10.4 Å². The van der Waals surface area contributed by atoms with Gasteiger partial charge in [0.15, 0.2) is 5.82 Å². The van der Waals surface area contributed by atoms with Gasteiger partial charge in [0.25, 0.3) is 0 Å². The Morgan fingerprint density at radius 1 is 1.32 bits per heavy atom. The quantitative estimate of drug-likeness (QED) is 0.901. The van der Waals surface area contributed by atoms with E-state index < -0.39 is 0 Å². The van der Waals surface area contributed by atoms with Crippen LogP contribution in [0.5, 0.6) is 0 Å². The second-order valence-corrected chi connectivity index (χ2v) is 5.34.